The molecular formula is C20H18N2O7S. The zero-order valence-electron chi connectivity index (χ0n) is 16.2. The number of methoxy groups -OCH3 is 1. The first-order chi connectivity index (χ1) is 14.3. The third-order valence-corrected chi connectivity index (χ3v) is 5.18. The van der Waals surface area contributed by atoms with Crippen molar-refractivity contribution in [3.63, 3.8) is 0 Å². The Morgan fingerprint density at radius 1 is 1.23 bits per heavy atom. The summed E-state index contributed by atoms with van der Waals surface area (Å²) in [4.78, 5) is 36.3. The van der Waals surface area contributed by atoms with Gasteiger partial charge in [-0.15, -0.1) is 0 Å². The molecule has 156 valence electrons. The Morgan fingerprint density at radius 3 is 2.57 bits per heavy atom. The first-order valence-electron chi connectivity index (χ1n) is 8.80. The second-order valence-electron chi connectivity index (χ2n) is 6.34. The predicted octanol–water partition coefficient (Wildman–Crippen LogP) is 3.73. The third-order valence-electron chi connectivity index (χ3n) is 4.27. The van der Waals surface area contributed by atoms with Crippen LogP contribution < -0.4 is 9.47 Å². The second kappa shape index (κ2) is 8.87. The number of ether oxygens (including phenoxy) is 2. The lowest BCUT2D eigenvalue weighted by atomic mass is 10.1. The molecule has 1 N–H and O–H groups in total. The van der Waals surface area contributed by atoms with E-state index in [2.05, 4.69) is 0 Å². The number of hydrogen-bond acceptors (Lipinski definition) is 8. The van der Waals surface area contributed by atoms with Gasteiger partial charge in [0, 0.05) is 6.07 Å². The van der Waals surface area contributed by atoms with E-state index in [1.165, 1.54) is 19.3 Å². The summed E-state index contributed by atoms with van der Waals surface area (Å²) in [5.41, 5.74) is 0.772. The number of aromatic hydroxyl groups is 1. The van der Waals surface area contributed by atoms with Crippen molar-refractivity contribution in [1.82, 2.24) is 4.90 Å². The molecule has 10 heteroatoms. The van der Waals surface area contributed by atoms with Crippen LogP contribution in [0.5, 0.6) is 17.2 Å². The Bertz CT molecular complexity index is 1030. The number of aryl methyl sites for hydroxylation is 1. The van der Waals surface area contributed by atoms with E-state index in [-0.39, 0.29) is 29.4 Å². The van der Waals surface area contributed by atoms with E-state index in [1.54, 1.807) is 12.1 Å². The van der Waals surface area contributed by atoms with Crippen molar-refractivity contribution in [3.05, 3.63) is 62.5 Å². The lowest BCUT2D eigenvalue weighted by Crippen LogP contribution is -2.32. The summed E-state index contributed by atoms with van der Waals surface area (Å²) in [5.74, 6) is -0.610. The molecule has 0 bridgehead atoms. The van der Waals surface area contributed by atoms with E-state index in [4.69, 9.17) is 9.47 Å². The monoisotopic (exact) mass is 430 g/mol. The van der Waals surface area contributed by atoms with Gasteiger partial charge in [0.2, 0.25) is 5.75 Å². The molecule has 0 aromatic heterocycles. The smallest absolute Gasteiger partial charge is 0.315 e. The predicted molar refractivity (Wildman–Crippen MR) is 111 cm³/mol. The Morgan fingerprint density at radius 2 is 1.93 bits per heavy atom. The van der Waals surface area contributed by atoms with Gasteiger partial charge in [0.1, 0.15) is 12.4 Å². The summed E-state index contributed by atoms with van der Waals surface area (Å²) in [7, 11) is 1.25. The lowest BCUT2D eigenvalue weighted by molar-refractivity contribution is -0.386. The van der Waals surface area contributed by atoms with Crippen LogP contribution in [-0.2, 0) is 4.79 Å². The molecule has 30 heavy (non-hydrogen) atoms. The number of carbonyl (C=O) groups is 2. The molecular weight excluding hydrogens is 412 g/mol. The van der Waals surface area contributed by atoms with Crippen molar-refractivity contribution in [1.29, 1.82) is 0 Å². The standard InChI is InChI=1S/C20H18N2O7S/c1-12-3-5-14(6-4-12)29-8-7-21-19(24)17(30-20(21)25)11-13-9-15(22(26)27)18(23)16(10-13)28-2/h3-6,9-11,23H,7-8H2,1-2H3/b17-11-. The fourth-order valence-corrected chi connectivity index (χ4v) is 3.59. The lowest BCUT2D eigenvalue weighted by Gasteiger charge is -2.13. The Hall–Kier alpha value is -3.53. The minimum Gasteiger partial charge on any atom is -0.500 e. The molecule has 3 rings (SSSR count). The van der Waals surface area contributed by atoms with Gasteiger partial charge in [0.05, 0.1) is 23.5 Å². The molecule has 0 aliphatic carbocycles. The van der Waals surface area contributed by atoms with Crippen molar-refractivity contribution in [2.24, 2.45) is 0 Å². The van der Waals surface area contributed by atoms with E-state index in [1.807, 2.05) is 19.1 Å². The summed E-state index contributed by atoms with van der Waals surface area (Å²) in [5, 5.41) is 20.5. The van der Waals surface area contributed by atoms with E-state index in [0.29, 0.717) is 5.75 Å². The number of amides is 2. The van der Waals surface area contributed by atoms with Crippen LogP contribution in [0.2, 0.25) is 0 Å². The highest BCUT2D eigenvalue weighted by Gasteiger charge is 2.35. The number of benzene rings is 2. The number of nitro benzene ring substituents is 1. The van der Waals surface area contributed by atoms with Crippen LogP contribution in [0.15, 0.2) is 41.3 Å². The number of phenols is 1. The van der Waals surface area contributed by atoms with Crippen molar-refractivity contribution in [2.45, 2.75) is 6.92 Å². The average Bonchev–Trinajstić information content (AvgIpc) is 2.97. The number of imide groups is 1. The molecule has 1 aliphatic heterocycles. The van der Waals surface area contributed by atoms with Gasteiger partial charge in [-0.1, -0.05) is 17.7 Å². The molecule has 1 heterocycles. The second-order valence-corrected chi connectivity index (χ2v) is 7.34. The summed E-state index contributed by atoms with van der Waals surface area (Å²) >= 11 is 0.727. The van der Waals surface area contributed by atoms with Gasteiger partial charge in [0.15, 0.2) is 5.75 Å². The van der Waals surface area contributed by atoms with Gasteiger partial charge < -0.3 is 14.6 Å². The largest absolute Gasteiger partial charge is 0.500 e. The molecule has 0 spiro atoms. The molecule has 1 saturated heterocycles. The fraction of sp³-hybridized carbons (Fsp3) is 0.200. The van der Waals surface area contributed by atoms with Gasteiger partial charge in [0.25, 0.3) is 11.1 Å². The zero-order chi connectivity index (χ0) is 21.8. The van der Waals surface area contributed by atoms with Gasteiger partial charge >= 0.3 is 5.69 Å². The highest BCUT2D eigenvalue weighted by molar-refractivity contribution is 8.18. The number of carbonyl (C=O) groups excluding carboxylic acids is 2. The molecule has 1 fully saturated rings. The van der Waals surface area contributed by atoms with Crippen LogP contribution in [-0.4, -0.2) is 46.3 Å². The maximum Gasteiger partial charge on any atom is 0.315 e. The minimum absolute atomic E-state index is 0.0644. The summed E-state index contributed by atoms with van der Waals surface area (Å²) in [6, 6.07) is 9.83. The maximum atomic E-state index is 12.6. The van der Waals surface area contributed by atoms with E-state index >= 15 is 0 Å². The Balaban J connectivity index is 1.74. The maximum absolute atomic E-state index is 12.6. The number of phenolic OH excluding ortho intramolecular Hbond substituents is 1. The number of nitro groups is 1. The van der Waals surface area contributed by atoms with Gasteiger partial charge in [-0.2, -0.15) is 0 Å². The van der Waals surface area contributed by atoms with Gasteiger partial charge in [-0.05, 0) is 48.5 Å². The average molecular weight is 430 g/mol. The van der Waals surface area contributed by atoms with E-state index < -0.39 is 27.5 Å². The molecule has 0 saturated carbocycles. The Labute approximate surface area is 176 Å². The molecule has 0 unspecified atom stereocenters. The number of thioether (sulfide) groups is 1. The highest BCUT2D eigenvalue weighted by Crippen LogP contribution is 2.39. The SMILES string of the molecule is COc1cc(/C=C2\SC(=O)N(CCOc3ccc(C)cc3)C2=O)cc([N+](=O)[O-])c1O. The van der Waals surface area contributed by atoms with Crippen LogP contribution >= 0.6 is 11.8 Å². The van der Waals surface area contributed by atoms with E-state index in [0.717, 1.165) is 28.3 Å². The molecule has 0 radical (unpaired) electrons. The van der Waals surface area contributed by atoms with Gasteiger partial charge in [-0.25, -0.2) is 0 Å². The molecule has 2 amide bonds. The first-order valence-corrected chi connectivity index (χ1v) is 9.62. The molecule has 0 atom stereocenters. The fourth-order valence-electron chi connectivity index (χ4n) is 2.73. The van der Waals surface area contributed by atoms with Crippen LogP contribution in [0, 0.1) is 17.0 Å². The van der Waals surface area contributed by atoms with Crippen LogP contribution in [0.3, 0.4) is 0 Å². The summed E-state index contributed by atoms with van der Waals surface area (Å²) in [6.07, 6.45) is 1.35. The molecule has 2 aromatic carbocycles. The minimum atomic E-state index is -0.761. The number of rotatable bonds is 7. The van der Waals surface area contributed by atoms with Crippen molar-refractivity contribution < 1.29 is 29.1 Å². The normalized spacial score (nSPS) is 15.0. The Kier molecular flexibility index (Phi) is 6.26. The zero-order valence-corrected chi connectivity index (χ0v) is 17.0. The molecule has 2 aromatic rings. The topological polar surface area (TPSA) is 119 Å². The van der Waals surface area contributed by atoms with Crippen LogP contribution in [0.4, 0.5) is 10.5 Å². The van der Waals surface area contributed by atoms with Crippen molar-refractivity contribution in [2.75, 3.05) is 20.3 Å². The first kappa shape index (κ1) is 21.2. The molecule has 1 aliphatic rings. The van der Waals surface area contributed by atoms with Crippen LogP contribution in [0.1, 0.15) is 11.1 Å². The van der Waals surface area contributed by atoms with E-state index in [9.17, 15) is 24.8 Å². The number of nitrogens with zero attached hydrogens (tertiary/aromatic N) is 2. The molecule has 9 nitrogen and oxygen atoms in total. The van der Waals surface area contributed by atoms with Gasteiger partial charge in [-0.3, -0.25) is 24.6 Å². The highest BCUT2D eigenvalue weighted by atomic mass is 32.2. The quantitative estimate of drug-likeness (QED) is 0.401. The summed E-state index contributed by atoms with van der Waals surface area (Å²) in [6.45, 7) is 2.15. The summed E-state index contributed by atoms with van der Waals surface area (Å²) < 4.78 is 10.5. The van der Waals surface area contributed by atoms with Crippen molar-refractivity contribution in [3.8, 4) is 17.2 Å². The third kappa shape index (κ3) is 4.54. The van der Waals surface area contributed by atoms with Crippen molar-refractivity contribution >= 4 is 34.7 Å². The van der Waals surface area contributed by atoms with Crippen LogP contribution in [0.25, 0.3) is 6.08 Å². The number of hydrogen-bond donors (Lipinski definition) is 1.